The highest BCUT2D eigenvalue weighted by atomic mass is 35.5. The number of rotatable bonds is 12. The molecule has 5 heteroatoms. The zero-order valence-electron chi connectivity index (χ0n) is 16.1. The predicted octanol–water partition coefficient (Wildman–Crippen LogP) is 7.22. The van der Waals surface area contributed by atoms with Gasteiger partial charge in [-0.25, -0.2) is 0 Å². The maximum Gasteiger partial charge on any atom is 0.138 e. The highest BCUT2D eigenvalue weighted by molar-refractivity contribution is 6.35. The van der Waals surface area contributed by atoms with Crippen molar-refractivity contribution in [2.75, 3.05) is 18.5 Å². The molecule has 3 nitrogen and oxygen atoms in total. The zero-order chi connectivity index (χ0) is 19.5. The van der Waals surface area contributed by atoms with Gasteiger partial charge in [-0.15, -0.1) is 0 Å². The Bertz CT molecular complexity index is 677. The van der Waals surface area contributed by atoms with Crippen LogP contribution in [0.15, 0.2) is 42.5 Å². The van der Waals surface area contributed by atoms with Gasteiger partial charge in [0.05, 0.1) is 18.2 Å². The molecule has 0 aliphatic heterocycles. The van der Waals surface area contributed by atoms with E-state index in [1.54, 1.807) is 18.2 Å². The number of hydrogen-bond acceptors (Lipinski definition) is 3. The van der Waals surface area contributed by atoms with Crippen molar-refractivity contribution >= 4 is 28.9 Å². The minimum absolute atomic E-state index is 0.0391. The lowest BCUT2D eigenvalue weighted by molar-refractivity contribution is 0.235. The first kappa shape index (κ1) is 21.7. The minimum Gasteiger partial charge on any atom is -0.494 e. The van der Waals surface area contributed by atoms with Crippen molar-refractivity contribution in [3.05, 3.63) is 52.5 Å². The summed E-state index contributed by atoms with van der Waals surface area (Å²) >= 11 is 12.0. The van der Waals surface area contributed by atoms with Gasteiger partial charge in [-0.3, -0.25) is 0 Å². The van der Waals surface area contributed by atoms with Crippen molar-refractivity contribution in [3.63, 3.8) is 0 Å². The average Bonchev–Trinajstić information content (AvgIpc) is 2.66. The molecule has 2 rings (SSSR count). The summed E-state index contributed by atoms with van der Waals surface area (Å²) in [5, 5.41) is 4.48. The van der Waals surface area contributed by atoms with E-state index in [1.807, 2.05) is 31.2 Å². The van der Waals surface area contributed by atoms with Crippen LogP contribution in [0.25, 0.3) is 0 Å². The third-order valence-electron chi connectivity index (χ3n) is 4.19. The average molecular weight is 410 g/mol. The molecule has 0 heterocycles. The Kier molecular flexibility index (Phi) is 9.65. The van der Waals surface area contributed by atoms with E-state index in [0.29, 0.717) is 22.3 Å². The van der Waals surface area contributed by atoms with Crippen molar-refractivity contribution < 1.29 is 9.47 Å². The highest BCUT2D eigenvalue weighted by Crippen LogP contribution is 2.28. The van der Waals surface area contributed by atoms with E-state index in [4.69, 9.17) is 32.7 Å². The molecular formula is C22H29Cl2NO2. The molecule has 1 atom stereocenters. The van der Waals surface area contributed by atoms with Crippen LogP contribution in [0.4, 0.5) is 5.69 Å². The molecule has 27 heavy (non-hydrogen) atoms. The van der Waals surface area contributed by atoms with Crippen LogP contribution in [-0.2, 0) is 0 Å². The van der Waals surface area contributed by atoms with Gasteiger partial charge in [-0.1, -0.05) is 55.8 Å². The van der Waals surface area contributed by atoms with Crippen molar-refractivity contribution in [3.8, 4) is 11.5 Å². The Hall–Kier alpha value is -1.58. The lowest BCUT2D eigenvalue weighted by atomic mass is 10.2. The second-order valence-electron chi connectivity index (χ2n) is 6.67. The molecule has 1 N–H and O–H groups in total. The normalized spacial score (nSPS) is 11.9. The van der Waals surface area contributed by atoms with Crippen LogP contribution in [0.5, 0.6) is 11.5 Å². The largest absolute Gasteiger partial charge is 0.494 e. The predicted molar refractivity (Wildman–Crippen MR) is 116 cm³/mol. The third-order valence-corrected chi connectivity index (χ3v) is 4.72. The number of halogens is 2. The first-order valence-corrected chi connectivity index (χ1v) is 10.4. The maximum atomic E-state index is 6.14. The van der Waals surface area contributed by atoms with E-state index >= 15 is 0 Å². The van der Waals surface area contributed by atoms with E-state index < -0.39 is 0 Å². The topological polar surface area (TPSA) is 30.5 Å². The van der Waals surface area contributed by atoms with Gasteiger partial charge in [0.2, 0.25) is 0 Å². The Morgan fingerprint density at radius 2 is 1.70 bits per heavy atom. The van der Waals surface area contributed by atoms with E-state index in [0.717, 1.165) is 24.5 Å². The smallest absolute Gasteiger partial charge is 0.138 e. The second-order valence-corrected chi connectivity index (χ2v) is 7.51. The van der Waals surface area contributed by atoms with E-state index in [1.165, 1.54) is 25.7 Å². The summed E-state index contributed by atoms with van der Waals surface area (Å²) in [4.78, 5) is 0. The summed E-state index contributed by atoms with van der Waals surface area (Å²) in [6.45, 7) is 5.67. The Balaban J connectivity index is 1.69. The molecule has 0 aliphatic carbocycles. The second kappa shape index (κ2) is 12.0. The molecule has 0 fully saturated rings. The molecule has 0 saturated carbocycles. The van der Waals surface area contributed by atoms with Gasteiger partial charge < -0.3 is 14.8 Å². The zero-order valence-corrected chi connectivity index (χ0v) is 17.7. The molecule has 1 unspecified atom stereocenters. The van der Waals surface area contributed by atoms with Crippen LogP contribution in [0, 0.1) is 0 Å². The molecule has 0 saturated heterocycles. The lowest BCUT2D eigenvalue weighted by Crippen LogP contribution is -2.22. The Morgan fingerprint density at radius 1 is 0.963 bits per heavy atom. The number of anilines is 1. The van der Waals surface area contributed by atoms with Crippen molar-refractivity contribution in [1.29, 1.82) is 0 Å². The Labute approximate surface area is 173 Å². The number of benzene rings is 2. The van der Waals surface area contributed by atoms with Gasteiger partial charge >= 0.3 is 0 Å². The van der Waals surface area contributed by atoms with Crippen molar-refractivity contribution in [2.45, 2.75) is 52.1 Å². The SMILES string of the molecule is CCCCCCCOc1ccc(NCC(C)Oc2ccc(Cl)cc2Cl)cc1. The minimum atomic E-state index is -0.0391. The van der Waals surface area contributed by atoms with Crippen LogP contribution < -0.4 is 14.8 Å². The summed E-state index contributed by atoms with van der Waals surface area (Å²) in [6, 6.07) is 13.3. The molecule has 0 radical (unpaired) electrons. The summed E-state index contributed by atoms with van der Waals surface area (Å²) in [5.41, 5.74) is 1.03. The fraction of sp³-hybridized carbons (Fsp3) is 0.455. The van der Waals surface area contributed by atoms with Gasteiger partial charge in [-0.05, 0) is 55.8 Å². The van der Waals surface area contributed by atoms with Crippen LogP contribution in [0.1, 0.15) is 46.0 Å². The summed E-state index contributed by atoms with van der Waals surface area (Å²) in [5.74, 6) is 1.55. The number of ether oxygens (including phenoxy) is 2. The highest BCUT2D eigenvalue weighted by Gasteiger charge is 2.08. The third kappa shape index (κ3) is 8.32. The fourth-order valence-electron chi connectivity index (χ4n) is 2.66. The molecular weight excluding hydrogens is 381 g/mol. The van der Waals surface area contributed by atoms with Gasteiger partial charge in [-0.2, -0.15) is 0 Å². The molecule has 2 aromatic rings. The fourth-order valence-corrected chi connectivity index (χ4v) is 3.11. The Morgan fingerprint density at radius 3 is 2.41 bits per heavy atom. The van der Waals surface area contributed by atoms with Gasteiger partial charge in [0.1, 0.15) is 17.6 Å². The maximum absolute atomic E-state index is 6.14. The quantitative estimate of drug-likeness (QED) is 0.375. The first-order chi connectivity index (χ1) is 13.1. The number of hydrogen-bond donors (Lipinski definition) is 1. The van der Waals surface area contributed by atoms with Crippen LogP contribution in [-0.4, -0.2) is 19.3 Å². The van der Waals surface area contributed by atoms with Crippen molar-refractivity contribution in [1.82, 2.24) is 0 Å². The molecule has 0 spiro atoms. The molecule has 2 aromatic carbocycles. The number of nitrogens with one attached hydrogen (secondary N) is 1. The summed E-state index contributed by atoms with van der Waals surface area (Å²) < 4.78 is 11.7. The van der Waals surface area contributed by atoms with E-state index in [9.17, 15) is 0 Å². The van der Waals surface area contributed by atoms with E-state index in [2.05, 4.69) is 12.2 Å². The van der Waals surface area contributed by atoms with Crippen LogP contribution in [0.3, 0.4) is 0 Å². The van der Waals surface area contributed by atoms with Crippen molar-refractivity contribution in [2.24, 2.45) is 0 Å². The molecule has 0 bridgehead atoms. The molecule has 0 aromatic heterocycles. The van der Waals surface area contributed by atoms with E-state index in [-0.39, 0.29) is 6.10 Å². The van der Waals surface area contributed by atoms with Crippen LogP contribution >= 0.6 is 23.2 Å². The monoisotopic (exact) mass is 409 g/mol. The lowest BCUT2D eigenvalue weighted by Gasteiger charge is -2.17. The van der Waals surface area contributed by atoms with Gasteiger partial charge in [0, 0.05) is 10.7 Å². The van der Waals surface area contributed by atoms with Gasteiger partial charge in [0.25, 0.3) is 0 Å². The molecule has 0 aliphatic rings. The molecule has 148 valence electrons. The first-order valence-electron chi connectivity index (χ1n) is 9.67. The molecule has 0 amide bonds. The standard InChI is InChI=1S/C22H29Cl2NO2/c1-3-4-5-6-7-14-26-20-11-9-19(10-12-20)25-16-17(2)27-22-13-8-18(23)15-21(22)24/h8-13,15,17,25H,3-7,14,16H2,1-2H3. The number of unbranched alkanes of at least 4 members (excludes halogenated alkanes) is 4. The summed E-state index contributed by atoms with van der Waals surface area (Å²) in [6.07, 6.45) is 6.19. The van der Waals surface area contributed by atoms with Gasteiger partial charge in [0.15, 0.2) is 0 Å². The van der Waals surface area contributed by atoms with Crippen LogP contribution in [0.2, 0.25) is 10.0 Å². The summed E-state index contributed by atoms with van der Waals surface area (Å²) in [7, 11) is 0.